The largest absolute Gasteiger partial charge is 0.419 e. The number of nitrogens with zero attached hydrogens (tertiary/aromatic N) is 6. The Kier molecular flexibility index (Phi) is 5.09. The van der Waals surface area contributed by atoms with E-state index in [1.807, 2.05) is 0 Å². The number of alkyl halides is 6. The summed E-state index contributed by atoms with van der Waals surface area (Å²) in [6.45, 7) is 0. The van der Waals surface area contributed by atoms with Crippen LogP contribution in [0.15, 0.2) is 24.5 Å². The monoisotopic (exact) mass is 458 g/mol. The van der Waals surface area contributed by atoms with Crippen LogP contribution in [0.3, 0.4) is 0 Å². The van der Waals surface area contributed by atoms with Crippen molar-refractivity contribution in [3.05, 3.63) is 47.0 Å². The number of hydrogen-bond acceptors (Lipinski definition) is 6. The maximum absolute atomic E-state index is 13.1. The number of hydrogen-bond donors (Lipinski definition) is 0. The second-order valence-corrected chi connectivity index (χ2v) is 6.36. The number of thiocarbonyl (C=S) groups is 2. The Hall–Kier alpha value is -3.36. The summed E-state index contributed by atoms with van der Waals surface area (Å²) in [5, 5.41) is 17.1. The van der Waals surface area contributed by atoms with E-state index in [0.29, 0.717) is 12.1 Å². The van der Waals surface area contributed by atoms with Crippen molar-refractivity contribution in [1.82, 2.24) is 9.97 Å². The predicted molar refractivity (Wildman–Crippen MR) is 98.1 cm³/mol. The molecule has 14 heteroatoms. The van der Waals surface area contributed by atoms with Gasteiger partial charge in [-0.15, -0.1) is 0 Å². The lowest BCUT2D eigenvalue weighted by molar-refractivity contribution is -0.138. The van der Waals surface area contributed by atoms with Gasteiger partial charge in [0.15, 0.2) is 21.6 Å². The first-order valence-corrected chi connectivity index (χ1v) is 8.34. The van der Waals surface area contributed by atoms with E-state index >= 15 is 0 Å². The van der Waals surface area contributed by atoms with E-state index in [9.17, 15) is 26.3 Å². The van der Waals surface area contributed by atoms with Crippen molar-refractivity contribution in [2.24, 2.45) is 0 Å². The first kappa shape index (κ1) is 21.4. The molecule has 0 aliphatic carbocycles. The quantitative estimate of drug-likeness (QED) is 0.491. The fourth-order valence-electron chi connectivity index (χ4n) is 2.52. The average Bonchev–Trinajstić information content (AvgIpc) is 2.66. The fraction of sp³-hybridized carbons (Fsp3) is 0.125. The molecule has 1 saturated heterocycles. The fourth-order valence-corrected chi connectivity index (χ4v) is 3.41. The van der Waals surface area contributed by atoms with Crippen molar-refractivity contribution in [2.75, 3.05) is 9.80 Å². The highest BCUT2D eigenvalue weighted by atomic mass is 32.1. The molecular weight excluding hydrogens is 454 g/mol. The maximum Gasteiger partial charge on any atom is 0.419 e. The highest BCUT2D eigenvalue weighted by Gasteiger charge is 2.43. The van der Waals surface area contributed by atoms with Gasteiger partial charge in [-0.05, 0) is 36.6 Å². The van der Waals surface area contributed by atoms with Gasteiger partial charge in [0.2, 0.25) is 0 Å². The zero-order valence-electron chi connectivity index (χ0n) is 14.1. The van der Waals surface area contributed by atoms with Gasteiger partial charge in [0.1, 0.15) is 12.1 Å². The van der Waals surface area contributed by atoms with Crippen molar-refractivity contribution in [3.63, 3.8) is 0 Å². The smallest absolute Gasteiger partial charge is 0.261 e. The van der Waals surface area contributed by atoms with E-state index < -0.39 is 34.9 Å². The maximum atomic E-state index is 13.1. The zero-order valence-corrected chi connectivity index (χ0v) is 15.7. The van der Waals surface area contributed by atoms with Gasteiger partial charge >= 0.3 is 12.4 Å². The van der Waals surface area contributed by atoms with Crippen LogP contribution in [0.2, 0.25) is 0 Å². The average molecular weight is 458 g/mol. The van der Waals surface area contributed by atoms with Gasteiger partial charge in [0.25, 0.3) is 0 Å². The number of nitriles is 2. The van der Waals surface area contributed by atoms with E-state index in [1.54, 1.807) is 0 Å². The minimum atomic E-state index is -4.87. The van der Waals surface area contributed by atoms with Crippen molar-refractivity contribution >= 4 is 46.0 Å². The lowest BCUT2D eigenvalue weighted by Crippen LogP contribution is -2.64. The second-order valence-electron chi connectivity index (χ2n) is 5.63. The summed E-state index contributed by atoms with van der Waals surface area (Å²) in [6.07, 6.45) is -7.88. The standard InChI is InChI=1S/C16H4F6N6S2/c17-15(18,19)9-1-7(5-25-11(9)3-23)27-13(29)28(14(27)30)8-2-10(16(20,21)22)12(4-24)26-6-8/h1-2,5-6H. The first-order chi connectivity index (χ1) is 13.9. The Bertz CT molecular complexity index is 1060. The van der Waals surface area contributed by atoms with Crippen LogP contribution in [0.4, 0.5) is 37.7 Å². The molecule has 0 radical (unpaired) electrons. The van der Waals surface area contributed by atoms with Crippen LogP contribution in [-0.2, 0) is 12.4 Å². The topological polar surface area (TPSA) is 79.8 Å². The molecule has 1 fully saturated rings. The zero-order chi connectivity index (χ0) is 22.4. The number of aromatic nitrogens is 2. The Labute approximate surface area is 174 Å². The molecule has 0 spiro atoms. The third-order valence-electron chi connectivity index (χ3n) is 3.85. The summed E-state index contributed by atoms with van der Waals surface area (Å²) in [4.78, 5) is 8.83. The molecule has 0 unspecified atom stereocenters. The van der Waals surface area contributed by atoms with E-state index in [4.69, 9.17) is 35.0 Å². The van der Waals surface area contributed by atoms with Gasteiger partial charge in [0, 0.05) is 0 Å². The van der Waals surface area contributed by atoms with Crippen LogP contribution >= 0.6 is 24.4 Å². The van der Waals surface area contributed by atoms with Gasteiger partial charge < -0.3 is 0 Å². The Balaban J connectivity index is 1.98. The summed E-state index contributed by atoms with van der Waals surface area (Å²) in [6, 6.07) is 3.87. The normalized spacial score (nSPS) is 14.3. The molecule has 0 saturated carbocycles. The molecule has 0 N–H and O–H groups in total. The second kappa shape index (κ2) is 7.16. The Morgan fingerprint density at radius 3 is 1.33 bits per heavy atom. The molecule has 6 nitrogen and oxygen atoms in total. The number of pyridine rings is 2. The van der Waals surface area contributed by atoms with Gasteiger partial charge in [-0.25, -0.2) is 9.97 Å². The minimum absolute atomic E-state index is 0.217. The molecule has 0 atom stereocenters. The SMILES string of the molecule is N#Cc1ncc(N2C(=S)N(c3cnc(C#N)c(C(F)(F)F)c3)C2=S)cc1C(F)(F)F. The predicted octanol–water partition coefficient (Wildman–Crippen LogP) is 4.15. The molecule has 1 aliphatic heterocycles. The molecule has 152 valence electrons. The summed E-state index contributed by atoms with van der Waals surface area (Å²) < 4.78 is 78.8. The molecule has 3 heterocycles. The summed E-state index contributed by atoms with van der Waals surface area (Å²) in [5.74, 6) is 0. The van der Waals surface area contributed by atoms with Crippen LogP contribution in [0.5, 0.6) is 0 Å². The van der Waals surface area contributed by atoms with Gasteiger partial charge in [-0.2, -0.15) is 36.9 Å². The summed E-state index contributed by atoms with van der Waals surface area (Å²) >= 11 is 10.2. The third-order valence-corrected chi connectivity index (χ3v) is 4.58. The van der Waals surface area contributed by atoms with Crippen LogP contribution < -0.4 is 9.80 Å². The first-order valence-electron chi connectivity index (χ1n) is 7.53. The highest BCUT2D eigenvalue weighted by molar-refractivity contribution is 7.84. The molecule has 2 aromatic rings. The summed E-state index contributed by atoms with van der Waals surface area (Å²) in [5.41, 5.74) is -4.77. The molecule has 1 aliphatic rings. The molecule has 0 amide bonds. The molecular formula is C16H4F6N6S2. The molecule has 2 aromatic heterocycles. The van der Waals surface area contributed by atoms with Crippen LogP contribution in [0, 0.1) is 22.7 Å². The lowest BCUT2D eigenvalue weighted by atomic mass is 10.1. The summed E-state index contributed by atoms with van der Waals surface area (Å²) in [7, 11) is 0. The minimum Gasteiger partial charge on any atom is -0.261 e. The molecule has 0 aromatic carbocycles. The van der Waals surface area contributed by atoms with E-state index in [0.717, 1.165) is 22.2 Å². The van der Waals surface area contributed by atoms with Gasteiger partial charge in [-0.3, -0.25) is 9.80 Å². The van der Waals surface area contributed by atoms with Crippen molar-refractivity contribution in [1.29, 1.82) is 10.5 Å². The van der Waals surface area contributed by atoms with Crippen LogP contribution in [-0.4, -0.2) is 20.2 Å². The highest BCUT2D eigenvalue weighted by Crippen LogP contribution is 2.38. The number of rotatable bonds is 2. The lowest BCUT2D eigenvalue weighted by Gasteiger charge is -2.45. The van der Waals surface area contributed by atoms with Crippen molar-refractivity contribution in [3.8, 4) is 12.1 Å². The Morgan fingerprint density at radius 1 is 0.733 bits per heavy atom. The number of halogens is 6. The van der Waals surface area contributed by atoms with Crippen LogP contribution in [0.25, 0.3) is 0 Å². The van der Waals surface area contributed by atoms with Gasteiger partial charge in [0.05, 0.1) is 34.9 Å². The van der Waals surface area contributed by atoms with E-state index in [-0.39, 0.29) is 21.6 Å². The molecule has 30 heavy (non-hydrogen) atoms. The van der Waals surface area contributed by atoms with Crippen LogP contribution in [0.1, 0.15) is 22.5 Å². The molecule has 3 rings (SSSR count). The van der Waals surface area contributed by atoms with Crippen molar-refractivity contribution in [2.45, 2.75) is 12.4 Å². The Morgan fingerprint density at radius 2 is 1.07 bits per heavy atom. The van der Waals surface area contributed by atoms with E-state index in [2.05, 4.69) is 9.97 Å². The van der Waals surface area contributed by atoms with Gasteiger partial charge in [-0.1, -0.05) is 0 Å². The van der Waals surface area contributed by atoms with E-state index in [1.165, 1.54) is 12.1 Å². The van der Waals surface area contributed by atoms with Crippen molar-refractivity contribution < 1.29 is 26.3 Å². The molecule has 0 bridgehead atoms. The number of anilines is 2. The third kappa shape index (κ3) is 3.51.